The number of aromatic nitrogens is 3. The molecule has 0 unspecified atom stereocenters. The average molecular weight is 329 g/mol. The van der Waals surface area contributed by atoms with Gasteiger partial charge in [-0.1, -0.05) is 42.1 Å². The molecule has 0 spiro atoms. The number of carbonyl (C=O) groups is 1. The normalized spacial score (nSPS) is 10.3. The van der Waals surface area contributed by atoms with Crippen LogP contribution >= 0.6 is 11.8 Å². The van der Waals surface area contributed by atoms with Crippen molar-refractivity contribution in [1.82, 2.24) is 20.1 Å². The lowest BCUT2D eigenvalue weighted by Gasteiger charge is -2.07. The van der Waals surface area contributed by atoms with Crippen LogP contribution in [-0.2, 0) is 17.8 Å². The van der Waals surface area contributed by atoms with Crippen LogP contribution in [0.2, 0.25) is 0 Å². The Bertz CT molecular complexity index is 678. The predicted molar refractivity (Wildman–Crippen MR) is 88.9 cm³/mol. The van der Waals surface area contributed by atoms with Gasteiger partial charge in [-0.25, -0.2) is 0 Å². The molecule has 0 aliphatic carbocycles. The van der Waals surface area contributed by atoms with Crippen molar-refractivity contribution in [2.24, 2.45) is 0 Å². The minimum Gasteiger partial charge on any atom is -0.354 e. The molecular formula is C16H19N5OS. The summed E-state index contributed by atoms with van der Waals surface area (Å²) in [7, 11) is 0. The van der Waals surface area contributed by atoms with Crippen LogP contribution in [0, 0.1) is 11.3 Å². The predicted octanol–water partition coefficient (Wildman–Crippen LogP) is 2.01. The molecule has 1 N–H and O–H groups in total. The summed E-state index contributed by atoms with van der Waals surface area (Å²) < 4.78 is 2.03. The lowest BCUT2D eigenvalue weighted by molar-refractivity contribution is -0.118. The summed E-state index contributed by atoms with van der Waals surface area (Å²) in [6.07, 6.45) is 1.04. The monoisotopic (exact) mass is 329 g/mol. The van der Waals surface area contributed by atoms with E-state index in [9.17, 15) is 4.79 Å². The summed E-state index contributed by atoms with van der Waals surface area (Å²) in [6.45, 7) is 3.18. The number of amides is 1. The minimum absolute atomic E-state index is 0.0967. The van der Waals surface area contributed by atoms with E-state index in [-0.39, 0.29) is 11.7 Å². The quantitative estimate of drug-likeness (QED) is 0.591. The molecule has 1 amide bonds. The van der Waals surface area contributed by atoms with Crippen molar-refractivity contribution in [3.63, 3.8) is 0 Å². The first kappa shape index (κ1) is 17.0. The Kier molecular flexibility index (Phi) is 6.63. The standard InChI is InChI=1S/C16H19N5OS/c1-2-21-14(11-13-7-4-3-5-8-13)19-20-16(21)23-12-15(22)18-10-6-9-17/h3-5,7-8H,2,6,10-12H2,1H3,(H,18,22). The van der Waals surface area contributed by atoms with Crippen LogP contribution in [0.25, 0.3) is 0 Å². The fourth-order valence-electron chi connectivity index (χ4n) is 2.09. The third-order valence-electron chi connectivity index (χ3n) is 3.21. The number of hydrogen-bond acceptors (Lipinski definition) is 5. The van der Waals surface area contributed by atoms with E-state index in [4.69, 9.17) is 5.26 Å². The molecule has 1 aromatic heterocycles. The van der Waals surface area contributed by atoms with Gasteiger partial charge in [-0.05, 0) is 12.5 Å². The van der Waals surface area contributed by atoms with Gasteiger partial charge in [0.25, 0.3) is 0 Å². The van der Waals surface area contributed by atoms with Gasteiger partial charge >= 0.3 is 0 Å². The third kappa shape index (κ3) is 5.11. The van der Waals surface area contributed by atoms with Crippen LogP contribution in [0.1, 0.15) is 24.7 Å². The van der Waals surface area contributed by atoms with Crippen LogP contribution in [0.5, 0.6) is 0 Å². The lowest BCUT2D eigenvalue weighted by atomic mass is 10.1. The van der Waals surface area contributed by atoms with Gasteiger partial charge in [-0.15, -0.1) is 10.2 Å². The fraction of sp³-hybridized carbons (Fsp3) is 0.375. The summed E-state index contributed by atoms with van der Waals surface area (Å²) in [6, 6.07) is 12.1. The highest BCUT2D eigenvalue weighted by atomic mass is 32.2. The molecule has 120 valence electrons. The van der Waals surface area contributed by atoms with Crippen molar-refractivity contribution < 1.29 is 4.79 Å². The highest BCUT2D eigenvalue weighted by Crippen LogP contribution is 2.18. The van der Waals surface area contributed by atoms with Gasteiger partial charge in [0.1, 0.15) is 5.82 Å². The zero-order chi connectivity index (χ0) is 16.5. The van der Waals surface area contributed by atoms with Gasteiger partial charge in [-0.2, -0.15) is 5.26 Å². The maximum absolute atomic E-state index is 11.7. The molecular weight excluding hydrogens is 310 g/mol. The number of benzene rings is 1. The lowest BCUT2D eigenvalue weighted by Crippen LogP contribution is -2.26. The van der Waals surface area contributed by atoms with E-state index in [0.29, 0.717) is 13.0 Å². The Balaban J connectivity index is 1.95. The second kappa shape index (κ2) is 8.96. The minimum atomic E-state index is -0.0967. The number of nitriles is 1. The molecule has 0 saturated carbocycles. The highest BCUT2D eigenvalue weighted by molar-refractivity contribution is 7.99. The topological polar surface area (TPSA) is 83.6 Å². The maximum Gasteiger partial charge on any atom is 0.230 e. The molecule has 23 heavy (non-hydrogen) atoms. The molecule has 7 heteroatoms. The van der Waals surface area contributed by atoms with Crippen LogP contribution in [-0.4, -0.2) is 33.0 Å². The average Bonchev–Trinajstić information content (AvgIpc) is 2.96. The van der Waals surface area contributed by atoms with Crippen molar-refractivity contribution in [2.45, 2.75) is 31.5 Å². The van der Waals surface area contributed by atoms with E-state index in [0.717, 1.165) is 23.9 Å². The Morgan fingerprint density at radius 2 is 2.13 bits per heavy atom. The van der Waals surface area contributed by atoms with Crippen LogP contribution < -0.4 is 5.32 Å². The molecule has 0 fully saturated rings. The Hall–Kier alpha value is -2.33. The van der Waals surface area contributed by atoms with Gasteiger partial charge in [0, 0.05) is 19.5 Å². The van der Waals surface area contributed by atoms with Gasteiger partial charge in [0.15, 0.2) is 5.16 Å². The first-order valence-corrected chi connectivity index (χ1v) is 8.45. The van der Waals surface area contributed by atoms with E-state index < -0.39 is 0 Å². The van der Waals surface area contributed by atoms with Gasteiger partial charge in [0.05, 0.1) is 18.2 Å². The molecule has 0 atom stereocenters. The molecule has 0 saturated heterocycles. The van der Waals surface area contributed by atoms with E-state index in [1.54, 1.807) is 0 Å². The molecule has 0 bridgehead atoms. The fourth-order valence-corrected chi connectivity index (χ4v) is 2.94. The highest BCUT2D eigenvalue weighted by Gasteiger charge is 2.13. The van der Waals surface area contributed by atoms with E-state index in [2.05, 4.69) is 27.6 Å². The van der Waals surface area contributed by atoms with Crippen LogP contribution in [0.15, 0.2) is 35.5 Å². The van der Waals surface area contributed by atoms with Gasteiger partial charge in [-0.3, -0.25) is 4.79 Å². The number of thioether (sulfide) groups is 1. The van der Waals surface area contributed by atoms with Crippen LogP contribution in [0.3, 0.4) is 0 Å². The second-order valence-electron chi connectivity index (χ2n) is 4.85. The third-order valence-corrected chi connectivity index (χ3v) is 4.17. The maximum atomic E-state index is 11.7. The molecule has 1 heterocycles. The van der Waals surface area contributed by atoms with Crippen molar-refractivity contribution in [3.8, 4) is 6.07 Å². The Labute approximate surface area is 139 Å². The summed E-state index contributed by atoms with van der Waals surface area (Å²) >= 11 is 1.36. The van der Waals surface area contributed by atoms with Crippen LogP contribution in [0.4, 0.5) is 0 Å². The summed E-state index contributed by atoms with van der Waals surface area (Å²) in [4.78, 5) is 11.7. The second-order valence-corrected chi connectivity index (χ2v) is 5.79. The summed E-state index contributed by atoms with van der Waals surface area (Å²) in [5.41, 5.74) is 1.18. The van der Waals surface area contributed by atoms with Crippen molar-refractivity contribution in [1.29, 1.82) is 5.26 Å². The van der Waals surface area contributed by atoms with Crippen molar-refractivity contribution >= 4 is 17.7 Å². The van der Waals surface area contributed by atoms with E-state index in [1.807, 2.05) is 35.8 Å². The Morgan fingerprint density at radius 1 is 1.35 bits per heavy atom. The number of hydrogen-bond donors (Lipinski definition) is 1. The molecule has 0 aliphatic rings. The SMILES string of the molecule is CCn1c(Cc2ccccc2)nnc1SCC(=O)NCCC#N. The largest absolute Gasteiger partial charge is 0.354 e. The number of nitrogens with one attached hydrogen (secondary N) is 1. The number of nitrogens with zero attached hydrogens (tertiary/aromatic N) is 4. The van der Waals surface area contributed by atoms with E-state index >= 15 is 0 Å². The van der Waals surface area contributed by atoms with Crippen molar-refractivity contribution in [3.05, 3.63) is 41.7 Å². The first-order valence-electron chi connectivity index (χ1n) is 7.47. The summed E-state index contributed by atoms with van der Waals surface area (Å²) in [5.74, 6) is 1.07. The molecule has 6 nitrogen and oxygen atoms in total. The van der Waals surface area contributed by atoms with Crippen molar-refractivity contribution in [2.75, 3.05) is 12.3 Å². The molecule has 0 aliphatic heterocycles. The Morgan fingerprint density at radius 3 is 2.83 bits per heavy atom. The zero-order valence-corrected chi connectivity index (χ0v) is 13.8. The zero-order valence-electron chi connectivity index (χ0n) is 13.0. The van der Waals surface area contributed by atoms with E-state index in [1.165, 1.54) is 17.3 Å². The van der Waals surface area contributed by atoms with Gasteiger partial charge in [0.2, 0.25) is 5.91 Å². The molecule has 0 radical (unpaired) electrons. The molecule has 2 aromatic rings. The molecule has 2 rings (SSSR count). The first-order chi connectivity index (χ1) is 11.2. The number of rotatable bonds is 8. The number of carbonyl (C=O) groups excluding carboxylic acids is 1. The van der Waals surface area contributed by atoms with Gasteiger partial charge < -0.3 is 9.88 Å². The smallest absolute Gasteiger partial charge is 0.230 e. The summed E-state index contributed by atoms with van der Waals surface area (Å²) in [5, 5.41) is 20.3. The molecule has 1 aromatic carbocycles.